The highest BCUT2D eigenvalue weighted by atomic mass is 32.2. The van der Waals surface area contributed by atoms with E-state index < -0.39 is 27.8 Å². The molecule has 0 saturated carbocycles. The number of carbonyl (C=O) groups is 1. The summed E-state index contributed by atoms with van der Waals surface area (Å²) in [6.07, 6.45) is 0.267. The summed E-state index contributed by atoms with van der Waals surface area (Å²) in [7, 11) is -4.05. The zero-order chi connectivity index (χ0) is 19.1. The molecule has 1 amide bonds. The molecule has 5 nitrogen and oxygen atoms in total. The average Bonchev–Trinajstić information content (AvgIpc) is 2.92. The molecule has 0 bridgehead atoms. The SMILES string of the molecule is Cc1cc(N2CC[C@H](NS(=O)(=O)c3cc(F)ccc3C)C2=O)ccc1F. The van der Waals surface area contributed by atoms with Crippen LogP contribution in [-0.4, -0.2) is 26.9 Å². The largest absolute Gasteiger partial charge is 0.311 e. The predicted molar refractivity (Wildman–Crippen MR) is 93.4 cm³/mol. The Kier molecular flexibility index (Phi) is 4.81. The molecule has 1 heterocycles. The van der Waals surface area contributed by atoms with E-state index in [0.717, 1.165) is 6.07 Å². The Morgan fingerprint density at radius 2 is 1.81 bits per heavy atom. The molecule has 0 spiro atoms. The Hall–Kier alpha value is -2.32. The lowest BCUT2D eigenvalue weighted by Crippen LogP contribution is -2.41. The van der Waals surface area contributed by atoms with Crippen LogP contribution in [0.5, 0.6) is 0 Å². The van der Waals surface area contributed by atoms with Crippen molar-refractivity contribution in [2.75, 3.05) is 11.4 Å². The van der Waals surface area contributed by atoms with Gasteiger partial charge in [0, 0.05) is 12.2 Å². The van der Waals surface area contributed by atoms with Gasteiger partial charge in [-0.05, 0) is 61.7 Å². The number of nitrogens with zero attached hydrogens (tertiary/aromatic N) is 1. The average molecular weight is 380 g/mol. The van der Waals surface area contributed by atoms with Crippen LogP contribution in [0.4, 0.5) is 14.5 Å². The summed E-state index contributed by atoms with van der Waals surface area (Å²) < 4.78 is 54.3. The van der Waals surface area contributed by atoms with Crippen molar-refractivity contribution < 1.29 is 22.0 Å². The Morgan fingerprint density at radius 1 is 1.08 bits per heavy atom. The summed E-state index contributed by atoms with van der Waals surface area (Å²) in [5, 5.41) is 0. The van der Waals surface area contributed by atoms with E-state index in [1.54, 1.807) is 19.9 Å². The number of hydrogen-bond donors (Lipinski definition) is 1. The summed E-state index contributed by atoms with van der Waals surface area (Å²) >= 11 is 0. The van der Waals surface area contributed by atoms with Gasteiger partial charge >= 0.3 is 0 Å². The first-order valence-electron chi connectivity index (χ1n) is 8.05. The number of rotatable bonds is 4. The van der Waals surface area contributed by atoms with Crippen LogP contribution in [0.3, 0.4) is 0 Å². The van der Waals surface area contributed by atoms with Crippen molar-refractivity contribution in [3.63, 3.8) is 0 Å². The second-order valence-corrected chi connectivity index (χ2v) is 7.98. The molecule has 2 aromatic carbocycles. The molecule has 0 aliphatic carbocycles. The van der Waals surface area contributed by atoms with Crippen LogP contribution < -0.4 is 9.62 Å². The van der Waals surface area contributed by atoms with E-state index in [-0.39, 0.29) is 17.1 Å². The fourth-order valence-corrected chi connectivity index (χ4v) is 4.44. The number of benzene rings is 2. The summed E-state index contributed by atoms with van der Waals surface area (Å²) in [5.41, 5.74) is 1.29. The van der Waals surface area contributed by atoms with Crippen molar-refractivity contribution >= 4 is 21.6 Å². The molecular formula is C18H18F2N2O3S. The number of carbonyl (C=O) groups excluding carboxylic acids is 1. The Labute approximate surface area is 150 Å². The second kappa shape index (κ2) is 6.77. The highest BCUT2D eigenvalue weighted by molar-refractivity contribution is 7.89. The van der Waals surface area contributed by atoms with Crippen molar-refractivity contribution in [3.05, 3.63) is 59.2 Å². The lowest BCUT2D eigenvalue weighted by molar-refractivity contribution is -0.118. The zero-order valence-corrected chi connectivity index (χ0v) is 15.1. The maximum absolute atomic E-state index is 13.4. The van der Waals surface area contributed by atoms with Crippen LogP contribution in [0.1, 0.15) is 17.5 Å². The van der Waals surface area contributed by atoms with Crippen LogP contribution in [0.15, 0.2) is 41.3 Å². The highest BCUT2D eigenvalue weighted by Crippen LogP contribution is 2.25. The van der Waals surface area contributed by atoms with E-state index in [9.17, 15) is 22.0 Å². The van der Waals surface area contributed by atoms with E-state index in [2.05, 4.69) is 4.72 Å². The molecule has 138 valence electrons. The van der Waals surface area contributed by atoms with Crippen LogP contribution in [0.25, 0.3) is 0 Å². The molecule has 1 N–H and O–H groups in total. The van der Waals surface area contributed by atoms with Gasteiger partial charge in [-0.2, -0.15) is 4.72 Å². The van der Waals surface area contributed by atoms with Crippen LogP contribution in [-0.2, 0) is 14.8 Å². The van der Waals surface area contributed by atoms with Crippen LogP contribution in [0.2, 0.25) is 0 Å². The topological polar surface area (TPSA) is 66.5 Å². The number of hydrogen-bond acceptors (Lipinski definition) is 3. The van der Waals surface area contributed by atoms with Gasteiger partial charge in [0.1, 0.15) is 17.7 Å². The van der Waals surface area contributed by atoms with Gasteiger partial charge in [0.05, 0.1) is 4.90 Å². The van der Waals surface area contributed by atoms with Crippen molar-refractivity contribution in [1.82, 2.24) is 4.72 Å². The summed E-state index contributed by atoms with van der Waals surface area (Å²) in [4.78, 5) is 13.8. The van der Waals surface area contributed by atoms with Crippen molar-refractivity contribution in [3.8, 4) is 0 Å². The normalized spacial score (nSPS) is 17.8. The van der Waals surface area contributed by atoms with Crippen molar-refractivity contribution in [2.45, 2.75) is 31.2 Å². The van der Waals surface area contributed by atoms with E-state index in [1.165, 1.54) is 29.2 Å². The molecule has 1 fully saturated rings. The van der Waals surface area contributed by atoms with Gasteiger partial charge in [-0.3, -0.25) is 4.79 Å². The smallest absolute Gasteiger partial charge is 0.245 e. The zero-order valence-electron chi connectivity index (χ0n) is 14.3. The predicted octanol–water partition coefficient (Wildman–Crippen LogP) is 2.67. The van der Waals surface area contributed by atoms with Gasteiger partial charge in [-0.25, -0.2) is 17.2 Å². The van der Waals surface area contributed by atoms with Crippen molar-refractivity contribution in [1.29, 1.82) is 0 Å². The van der Waals surface area contributed by atoms with Gasteiger partial charge in [-0.15, -0.1) is 0 Å². The number of sulfonamides is 1. The van der Waals surface area contributed by atoms with E-state index in [4.69, 9.17) is 0 Å². The molecule has 2 aromatic rings. The molecular weight excluding hydrogens is 362 g/mol. The first-order chi connectivity index (χ1) is 12.2. The third-order valence-electron chi connectivity index (χ3n) is 4.40. The summed E-state index contributed by atoms with van der Waals surface area (Å²) in [5.74, 6) is -1.47. The first kappa shape index (κ1) is 18.5. The highest BCUT2D eigenvalue weighted by Gasteiger charge is 2.36. The number of anilines is 1. The maximum Gasteiger partial charge on any atom is 0.245 e. The number of aryl methyl sites for hydroxylation is 2. The van der Waals surface area contributed by atoms with Gasteiger partial charge in [0.2, 0.25) is 15.9 Å². The summed E-state index contributed by atoms with van der Waals surface area (Å²) in [6.45, 7) is 3.45. The fourth-order valence-electron chi connectivity index (χ4n) is 2.96. The Balaban J connectivity index is 1.82. The number of nitrogens with one attached hydrogen (secondary N) is 1. The molecule has 26 heavy (non-hydrogen) atoms. The Bertz CT molecular complexity index is 976. The van der Waals surface area contributed by atoms with Gasteiger partial charge in [0.25, 0.3) is 0 Å². The van der Waals surface area contributed by atoms with Gasteiger partial charge in [0.15, 0.2) is 0 Å². The maximum atomic E-state index is 13.4. The van der Waals surface area contributed by atoms with E-state index >= 15 is 0 Å². The van der Waals surface area contributed by atoms with Crippen molar-refractivity contribution in [2.24, 2.45) is 0 Å². The lowest BCUT2D eigenvalue weighted by Gasteiger charge is -2.18. The summed E-state index contributed by atoms with van der Waals surface area (Å²) in [6, 6.07) is 6.81. The van der Waals surface area contributed by atoms with Crippen LogP contribution >= 0.6 is 0 Å². The molecule has 0 radical (unpaired) electrons. The minimum absolute atomic E-state index is 0.193. The molecule has 0 aromatic heterocycles. The number of amides is 1. The molecule has 8 heteroatoms. The lowest BCUT2D eigenvalue weighted by atomic mass is 10.2. The van der Waals surface area contributed by atoms with E-state index in [0.29, 0.717) is 23.4 Å². The van der Waals surface area contributed by atoms with E-state index in [1.807, 2.05) is 0 Å². The standard InChI is InChI=1S/C18H18F2N2O3S/c1-11-3-4-13(19)10-17(11)26(24,25)21-16-7-8-22(18(16)23)14-5-6-15(20)12(2)9-14/h3-6,9-10,16,21H,7-8H2,1-2H3/t16-/m0/s1. The quantitative estimate of drug-likeness (QED) is 0.887. The molecule has 1 aliphatic rings. The minimum atomic E-state index is -4.05. The Morgan fingerprint density at radius 3 is 2.50 bits per heavy atom. The molecule has 1 aliphatic heterocycles. The minimum Gasteiger partial charge on any atom is -0.311 e. The molecule has 0 unspecified atom stereocenters. The van der Waals surface area contributed by atoms with Gasteiger partial charge < -0.3 is 4.90 Å². The fraction of sp³-hybridized carbons (Fsp3) is 0.278. The number of halogens is 2. The third kappa shape index (κ3) is 3.47. The molecule has 1 saturated heterocycles. The molecule has 1 atom stereocenters. The second-order valence-electron chi connectivity index (χ2n) is 6.30. The third-order valence-corrected chi connectivity index (χ3v) is 6.01. The monoisotopic (exact) mass is 380 g/mol. The van der Waals surface area contributed by atoms with Gasteiger partial charge in [-0.1, -0.05) is 6.07 Å². The first-order valence-corrected chi connectivity index (χ1v) is 9.53. The van der Waals surface area contributed by atoms with Crippen LogP contribution in [0, 0.1) is 25.5 Å². The molecule has 3 rings (SSSR count).